The Labute approximate surface area is 402 Å². The number of benzene rings is 7. The molecule has 0 spiro atoms. The van der Waals surface area contributed by atoms with Crippen LogP contribution in [0.25, 0.3) is 32.3 Å². The Bertz CT molecular complexity index is 3210. The Hall–Kier alpha value is -3.55. The van der Waals surface area contributed by atoms with E-state index in [1.807, 2.05) is 0 Å². The minimum atomic E-state index is -4.69. The number of rotatable bonds is 9. The molecule has 0 aliphatic rings. The van der Waals surface area contributed by atoms with Crippen molar-refractivity contribution in [3.8, 4) is 5.75 Å². The number of fused-ring (bicyclic) bond motifs is 3. The summed E-state index contributed by atoms with van der Waals surface area (Å²) < 4.78 is 101. The van der Waals surface area contributed by atoms with Gasteiger partial charge in [-0.05, 0) is 96.4 Å². The minimum Gasteiger partial charge on any atom is -0.506 e. The second-order valence-electron chi connectivity index (χ2n) is 12.1. The molecule has 0 saturated carbocycles. The molecule has 0 atom stereocenters. The summed E-state index contributed by atoms with van der Waals surface area (Å²) >= 11 is 0. The quantitative estimate of drug-likeness (QED) is 0.0398. The molecule has 0 heterocycles. The SMILES string of the molecule is Nc1ccc(N=Nc2ccc(N=Nc3ccc(N=Nc4c(O)ccc5ccc(S(=O)(=O)O)cc45)c4ccc(S(=O)(=O)O)cc34)c3ccc(S(=O)(=O)O)cc23)cc1.[Na].[Na].[Na]. The van der Waals surface area contributed by atoms with E-state index in [1.165, 1.54) is 72.8 Å². The summed E-state index contributed by atoms with van der Waals surface area (Å²) in [5.41, 5.74) is 7.28. The number of hydrogen-bond donors (Lipinski definition) is 5. The van der Waals surface area contributed by atoms with Crippen molar-refractivity contribution in [3.63, 3.8) is 0 Å². The van der Waals surface area contributed by atoms with Crippen LogP contribution in [0.4, 0.5) is 39.8 Å². The monoisotopic (exact) mass is 880 g/mol. The van der Waals surface area contributed by atoms with Gasteiger partial charge in [0.25, 0.3) is 30.4 Å². The molecular weight excluding hydrogens is 856 g/mol. The van der Waals surface area contributed by atoms with Crippen LogP contribution in [0, 0.1) is 0 Å². The van der Waals surface area contributed by atoms with E-state index in [0.717, 1.165) is 18.2 Å². The van der Waals surface area contributed by atoms with Gasteiger partial charge < -0.3 is 10.8 Å². The second kappa shape index (κ2) is 19.0. The Morgan fingerprint density at radius 2 is 0.780 bits per heavy atom. The molecule has 0 aromatic heterocycles. The molecule has 7 aromatic rings. The predicted octanol–water partition coefficient (Wildman–Crippen LogP) is 8.28. The molecule has 23 heteroatoms. The zero-order valence-corrected chi connectivity index (χ0v) is 39.6. The van der Waals surface area contributed by atoms with Gasteiger partial charge in [0.15, 0.2) is 0 Å². The van der Waals surface area contributed by atoms with Crippen molar-refractivity contribution in [2.75, 3.05) is 5.73 Å². The van der Waals surface area contributed by atoms with Crippen molar-refractivity contribution in [2.24, 2.45) is 30.7 Å². The van der Waals surface area contributed by atoms with E-state index in [2.05, 4.69) is 30.7 Å². The maximum atomic E-state index is 12.1. The molecule has 0 aliphatic carbocycles. The van der Waals surface area contributed by atoms with Gasteiger partial charge in [0.05, 0.1) is 43.1 Å². The largest absolute Gasteiger partial charge is 0.506 e. The minimum absolute atomic E-state index is 0. The van der Waals surface area contributed by atoms with Crippen LogP contribution >= 0.6 is 0 Å². The van der Waals surface area contributed by atoms with Crippen LogP contribution in [-0.4, -0.2) is 133 Å². The number of azo groups is 3. The fraction of sp³-hybridized carbons (Fsp3) is 0. The third-order valence-corrected chi connectivity index (χ3v) is 11.0. The van der Waals surface area contributed by atoms with Gasteiger partial charge in [-0.1, -0.05) is 24.3 Å². The van der Waals surface area contributed by atoms with Gasteiger partial charge >= 0.3 is 0 Å². The summed E-state index contributed by atoms with van der Waals surface area (Å²) in [5.74, 6) is -0.356. The first-order valence-electron chi connectivity index (χ1n) is 15.9. The summed E-state index contributed by atoms with van der Waals surface area (Å²) in [6, 6.07) is 26.4. The average Bonchev–Trinajstić information content (AvgIpc) is 3.15. The first-order chi connectivity index (χ1) is 26.5. The molecule has 0 amide bonds. The molecule has 0 saturated heterocycles. The van der Waals surface area contributed by atoms with Crippen molar-refractivity contribution < 1.29 is 44.0 Å². The molecule has 7 rings (SSSR count). The van der Waals surface area contributed by atoms with Gasteiger partial charge in [-0.2, -0.15) is 30.4 Å². The zero-order chi connectivity index (χ0) is 40.0. The standard InChI is InChI=1S/C36H25N7O10S3.3Na/c37-21-3-5-22(6-4-21)38-39-33-14-12-31(26-10-8-24(18-29(26)33)55(48,49)50)40-41-34-15-13-32(27-11-9-25(19-30(27)34)56(51,52)53)42-43-36-28-17-23(54(45,46)47)7-1-20(28)2-16-35(36)44;;;/h1-19,44H,37H2,(H,45,46,47)(H,48,49,50)(H,51,52,53);;;. The van der Waals surface area contributed by atoms with Crippen molar-refractivity contribution in [1.29, 1.82) is 0 Å². The van der Waals surface area contributed by atoms with Crippen LogP contribution < -0.4 is 5.73 Å². The topological polar surface area (TPSA) is 284 Å². The number of anilines is 1. The van der Waals surface area contributed by atoms with Gasteiger partial charge in [0, 0.05) is 121 Å². The Morgan fingerprint density at radius 1 is 0.407 bits per heavy atom. The summed E-state index contributed by atoms with van der Waals surface area (Å²) in [6.45, 7) is 0. The third-order valence-electron chi connectivity index (χ3n) is 8.41. The van der Waals surface area contributed by atoms with Crippen molar-refractivity contribution in [1.82, 2.24) is 0 Å². The molecule has 285 valence electrons. The fourth-order valence-electron chi connectivity index (χ4n) is 5.66. The van der Waals surface area contributed by atoms with Crippen LogP contribution in [0.15, 0.2) is 161 Å². The molecule has 0 bridgehead atoms. The maximum Gasteiger partial charge on any atom is 0.294 e. The Kier molecular flexibility index (Phi) is 15.5. The molecule has 3 radical (unpaired) electrons. The molecule has 0 aliphatic heterocycles. The molecule has 6 N–H and O–H groups in total. The van der Waals surface area contributed by atoms with E-state index in [4.69, 9.17) is 5.73 Å². The number of aromatic hydroxyl groups is 1. The molecule has 7 aromatic carbocycles. The first kappa shape index (κ1) is 48.1. The number of nitrogen functional groups attached to an aromatic ring is 1. The third kappa shape index (κ3) is 10.9. The predicted molar refractivity (Wildman–Crippen MR) is 224 cm³/mol. The van der Waals surface area contributed by atoms with Crippen molar-refractivity contribution >= 4 is 191 Å². The Morgan fingerprint density at radius 3 is 1.24 bits per heavy atom. The molecule has 0 unspecified atom stereocenters. The summed E-state index contributed by atoms with van der Waals surface area (Å²) in [5, 5.41) is 37.9. The number of phenols is 1. The smallest absolute Gasteiger partial charge is 0.294 e. The number of phenolic OH excluding ortho intramolecular Hbond substituents is 1. The van der Waals surface area contributed by atoms with Gasteiger partial charge in [-0.25, -0.2) is 0 Å². The summed E-state index contributed by atoms with van der Waals surface area (Å²) in [7, 11) is -13.9. The van der Waals surface area contributed by atoms with Gasteiger partial charge in [0.1, 0.15) is 11.4 Å². The first-order valence-corrected chi connectivity index (χ1v) is 20.2. The van der Waals surface area contributed by atoms with Crippen LogP contribution in [0.3, 0.4) is 0 Å². The second-order valence-corrected chi connectivity index (χ2v) is 16.3. The van der Waals surface area contributed by atoms with E-state index < -0.39 is 45.0 Å². The van der Waals surface area contributed by atoms with Crippen molar-refractivity contribution in [2.45, 2.75) is 14.7 Å². The number of nitrogens with zero attached hydrogens (tertiary/aromatic N) is 6. The molecule has 0 fully saturated rings. The van der Waals surface area contributed by atoms with Crippen LogP contribution in [-0.2, 0) is 30.4 Å². The van der Waals surface area contributed by atoms with Crippen LogP contribution in [0.2, 0.25) is 0 Å². The van der Waals surface area contributed by atoms with E-state index in [-0.39, 0.29) is 144 Å². The maximum absolute atomic E-state index is 12.1. The molecule has 59 heavy (non-hydrogen) atoms. The Balaban J connectivity index is 0.00000256. The number of nitrogens with two attached hydrogens (primary N) is 1. The van der Waals surface area contributed by atoms with Gasteiger partial charge in [0.2, 0.25) is 0 Å². The summed E-state index contributed by atoms with van der Waals surface area (Å²) in [4.78, 5) is -1.32. The molecule has 17 nitrogen and oxygen atoms in total. The van der Waals surface area contributed by atoms with E-state index in [9.17, 15) is 44.0 Å². The normalized spacial score (nSPS) is 12.3. The molecular formula is C36H25N7Na3O10S3. The van der Waals surface area contributed by atoms with Gasteiger partial charge in [-0.15, -0.1) is 25.6 Å². The van der Waals surface area contributed by atoms with E-state index in [0.29, 0.717) is 22.1 Å². The van der Waals surface area contributed by atoms with Crippen molar-refractivity contribution in [3.05, 3.63) is 115 Å². The zero-order valence-electron chi connectivity index (χ0n) is 31.2. The van der Waals surface area contributed by atoms with Crippen LogP contribution in [0.5, 0.6) is 5.75 Å². The van der Waals surface area contributed by atoms with E-state index >= 15 is 0 Å². The van der Waals surface area contributed by atoms with E-state index in [1.54, 1.807) is 24.3 Å². The van der Waals surface area contributed by atoms with Crippen LogP contribution in [0.1, 0.15) is 0 Å². The number of hydrogen-bond acceptors (Lipinski definition) is 14. The van der Waals surface area contributed by atoms with Gasteiger partial charge in [-0.3, -0.25) is 13.7 Å². The average molecular weight is 881 g/mol. The fourth-order valence-corrected chi connectivity index (χ4v) is 7.18. The summed E-state index contributed by atoms with van der Waals surface area (Å²) in [6.07, 6.45) is 0.